The summed E-state index contributed by atoms with van der Waals surface area (Å²) in [5.41, 5.74) is 2.04. The summed E-state index contributed by atoms with van der Waals surface area (Å²) in [6.07, 6.45) is 4.28. The molecule has 1 aromatic heterocycles. The molecule has 2 amide bonds. The Kier molecular flexibility index (Phi) is 5.15. The summed E-state index contributed by atoms with van der Waals surface area (Å²) in [7, 11) is 1.88. The predicted molar refractivity (Wildman–Crippen MR) is 94.7 cm³/mol. The lowest BCUT2D eigenvalue weighted by atomic mass is 9.92. The van der Waals surface area contributed by atoms with Crippen LogP contribution in [-0.2, 0) is 6.54 Å². The fourth-order valence-corrected chi connectivity index (χ4v) is 3.46. The van der Waals surface area contributed by atoms with Gasteiger partial charge < -0.3 is 10.2 Å². The zero-order valence-corrected chi connectivity index (χ0v) is 14.3. The number of rotatable bonds is 4. The summed E-state index contributed by atoms with van der Waals surface area (Å²) < 4.78 is 0. The Morgan fingerprint density at radius 3 is 2.88 bits per heavy atom. The summed E-state index contributed by atoms with van der Waals surface area (Å²) in [5, 5.41) is 9.42. The average molecular weight is 327 g/mol. The number of carbonyl (C=O) groups is 1. The molecule has 2 N–H and O–H groups in total. The quantitative estimate of drug-likeness (QED) is 0.907. The van der Waals surface area contributed by atoms with E-state index in [0.29, 0.717) is 11.6 Å². The van der Waals surface area contributed by atoms with E-state index in [0.717, 1.165) is 26.1 Å². The number of benzene rings is 1. The van der Waals surface area contributed by atoms with Crippen LogP contribution in [-0.4, -0.2) is 52.2 Å². The van der Waals surface area contributed by atoms with Gasteiger partial charge in [0.1, 0.15) is 0 Å². The average Bonchev–Trinajstić information content (AvgIpc) is 3.08. The van der Waals surface area contributed by atoms with Crippen LogP contribution < -0.4 is 5.32 Å². The van der Waals surface area contributed by atoms with E-state index in [1.54, 1.807) is 12.4 Å². The van der Waals surface area contributed by atoms with Gasteiger partial charge in [0.15, 0.2) is 0 Å². The molecule has 0 aliphatic carbocycles. The van der Waals surface area contributed by atoms with Crippen molar-refractivity contribution >= 4 is 11.7 Å². The van der Waals surface area contributed by atoms with Gasteiger partial charge in [0, 0.05) is 38.9 Å². The molecule has 6 heteroatoms. The normalized spacial score (nSPS) is 21.4. The molecule has 2 heterocycles. The fourth-order valence-electron chi connectivity index (χ4n) is 3.46. The SMILES string of the molecule is C[C@@H]1CN(Cc2ccccc2)CC[C@H]1N(C)C(=O)Nc1cn[nH]c1. The van der Waals surface area contributed by atoms with Crippen molar-refractivity contribution in [3.8, 4) is 0 Å². The van der Waals surface area contributed by atoms with Crippen LogP contribution in [0, 0.1) is 5.92 Å². The van der Waals surface area contributed by atoms with Gasteiger partial charge in [-0.25, -0.2) is 4.79 Å². The lowest BCUT2D eigenvalue weighted by Gasteiger charge is -2.41. The molecule has 0 saturated carbocycles. The Labute approximate surface area is 142 Å². The van der Waals surface area contributed by atoms with Crippen molar-refractivity contribution < 1.29 is 4.79 Å². The van der Waals surface area contributed by atoms with Gasteiger partial charge in [0.2, 0.25) is 0 Å². The van der Waals surface area contributed by atoms with E-state index in [1.807, 2.05) is 18.0 Å². The van der Waals surface area contributed by atoms with Crippen molar-refractivity contribution in [1.29, 1.82) is 0 Å². The number of hydrogen-bond donors (Lipinski definition) is 2. The number of aromatic nitrogens is 2. The molecule has 1 saturated heterocycles. The first-order valence-electron chi connectivity index (χ1n) is 8.42. The first kappa shape index (κ1) is 16.5. The molecule has 0 spiro atoms. The van der Waals surface area contributed by atoms with E-state index in [-0.39, 0.29) is 12.1 Å². The Morgan fingerprint density at radius 1 is 1.42 bits per heavy atom. The van der Waals surface area contributed by atoms with Crippen molar-refractivity contribution in [1.82, 2.24) is 20.0 Å². The van der Waals surface area contributed by atoms with Crippen LogP contribution in [0.2, 0.25) is 0 Å². The number of nitrogens with one attached hydrogen (secondary N) is 2. The van der Waals surface area contributed by atoms with Crippen LogP contribution in [0.4, 0.5) is 10.5 Å². The molecule has 1 aliphatic heterocycles. The predicted octanol–water partition coefficient (Wildman–Crippen LogP) is 2.78. The van der Waals surface area contributed by atoms with E-state index in [9.17, 15) is 4.79 Å². The third kappa shape index (κ3) is 3.94. The van der Waals surface area contributed by atoms with E-state index < -0.39 is 0 Å². The Bertz CT molecular complexity index is 643. The van der Waals surface area contributed by atoms with Crippen LogP contribution in [0.15, 0.2) is 42.7 Å². The molecule has 0 bridgehead atoms. The smallest absolute Gasteiger partial charge is 0.321 e. The second-order valence-corrected chi connectivity index (χ2v) is 6.58. The first-order valence-corrected chi connectivity index (χ1v) is 8.42. The molecule has 1 aliphatic rings. The molecular formula is C18H25N5O. The van der Waals surface area contributed by atoms with Crippen LogP contribution in [0.1, 0.15) is 18.9 Å². The van der Waals surface area contributed by atoms with Crippen molar-refractivity contribution in [2.45, 2.75) is 25.9 Å². The maximum Gasteiger partial charge on any atom is 0.321 e. The van der Waals surface area contributed by atoms with E-state index >= 15 is 0 Å². The summed E-state index contributed by atoms with van der Waals surface area (Å²) in [6, 6.07) is 10.7. The maximum absolute atomic E-state index is 12.4. The van der Waals surface area contributed by atoms with E-state index in [4.69, 9.17) is 0 Å². The lowest BCUT2D eigenvalue weighted by molar-refractivity contribution is 0.0933. The van der Waals surface area contributed by atoms with Gasteiger partial charge in [0.05, 0.1) is 11.9 Å². The van der Waals surface area contributed by atoms with Gasteiger partial charge in [-0.15, -0.1) is 0 Å². The van der Waals surface area contributed by atoms with Crippen LogP contribution in [0.25, 0.3) is 0 Å². The third-order valence-electron chi connectivity index (χ3n) is 4.76. The number of piperidine rings is 1. The zero-order chi connectivity index (χ0) is 16.9. The minimum Gasteiger partial charge on any atom is -0.324 e. The zero-order valence-electron chi connectivity index (χ0n) is 14.3. The Morgan fingerprint density at radius 2 is 2.21 bits per heavy atom. The molecule has 1 aromatic carbocycles. The fraction of sp³-hybridized carbons (Fsp3) is 0.444. The number of anilines is 1. The lowest BCUT2D eigenvalue weighted by Crippen LogP contribution is -2.51. The molecule has 2 aromatic rings. The number of likely N-dealkylation sites (tertiary alicyclic amines) is 1. The second kappa shape index (κ2) is 7.49. The van der Waals surface area contributed by atoms with Gasteiger partial charge in [-0.3, -0.25) is 10.00 Å². The van der Waals surface area contributed by atoms with Crippen LogP contribution in [0.5, 0.6) is 0 Å². The topological polar surface area (TPSA) is 64.3 Å². The molecular weight excluding hydrogens is 302 g/mol. The Balaban J connectivity index is 1.54. The number of nitrogens with zero attached hydrogens (tertiary/aromatic N) is 3. The molecule has 0 radical (unpaired) electrons. The molecule has 3 rings (SSSR count). The van der Waals surface area contributed by atoms with Crippen LogP contribution in [0.3, 0.4) is 0 Å². The minimum atomic E-state index is -0.0789. The van der Waals surface area contributed by atoms with Gasteiger partial charge >= 0.3 is 6.03 Å². The molecule has 1 fully saturated rings. The highest BCUT2D eigenvalue weighted by Crippen LogP contribution is 2.23. The number of hydrogen-bond acceptors (Lipinski definition) is 3. The van der Waals surface area contributed by atoms with Gasteiger partial charge in [-0.1, -0.05) is 37.3 Å². The van der Waals surface area contributed by atoms with Crippen molar-refractivity contribution in [2.24, 2.45) is 5.92 Å². The van der Waals surface area contributed by atoms with E-state index in [2.05, 4.69) is 51.6 Å². The number of aromatic amines is 1. The molecule has 128 valence electrons. The standard InChI is InChI=1S/C18H25N5O/c1-14-12-23(13-15-6-4-3-5-7-15)9-8-17(14)22(2)18(24)21-16-10-19-20-11-16/h3-7,10-11,14,17H,8-9,12-13H2,1-2H3,(H,19,20)(H,21,24)/t14-,17-/m1/s1. The number of H-pyrrole nitrogens is 1. The number of amides is 2. The summed E-state index contributed by atoms with van der Waals surface area (Å²) in [4.78, 5) is 16.7. The summed E-state index contributed by atoms with van der Waals surface area (Å²) in [5.74, 6) is 0.433. The summed E-state index contributed by atoms with van der Waals surface area (Å²) >= 11 is 0. The van der Waals surface area contributed by atoms with Crippen LogP contribution >= 0.6 is 0 Å². The molecule has 2 atom stereocenters. The van der Waals surface area contributed by atoms with Crippen molar-refractivity contribution in [3.05, 3.63) is 48.3 Å². The highest BCUT2D eigenvalue weighted by Gasteiger charge is 2.31. The maximum atomic E-state index is 12.4. The minimum absolute atomic E-state index is 0.0789. The largest absolute Gasteiger partial charge is 0.324 e. The van der Waals surface area contributed by atoms with Gasteiger partial charge in [-0.05, 0) is 17.9 Å². The molecule has 24 heavy (non-hydrogen) atoms. The van der Waals surface area contributed by atoms with Crippen molar-refractivity contribution in [2.75, 3.05) is 25.5 Å². The van der Waals surface area contributed by atoms with Crippen molar-refractivity contribution in [3.63, 3.8) is 0 Å². The number of urea groups is 1. The summed E-state index contributed by atoms with van der Waals surface area (Å²) in [6.45, 7) is 5.21. The third-order valence-corrected chi connectivity index (χ3v) is 4.76. The number of carbonyl (C=O) groups excluding carboxylic acids is 1. The second-order valence-electron chi connectivity index (χ2n) is 6.58. The molecule has 6 nitrogen and oxygen atoms in total. The molecule has 0 unspecified atom stereocenters. The first-order chi connectivity index (χ1) is 11.6. The monoisotopic (exact) mass is 327 g/mol. The highest BCUT2D eigenvalue weighted by atomic mass is 16.2. The Hall–Kier alpha value is -2.34. The van der Waals surface area contributed by atoms with Gasteiger partial charge in [0.25, 0.3) is 0 Å². The highest BCUT2D eigenvalue weighted by molar-refractivity contribution is 5.89. The van der Waals surface area contributed by atoms with Gasteiger partial charge in [-0.2, -0.15) is 5.10 Å². The van der Waals surface area contributed by atoms with E-state index in [1.165, 1.54) is 5.56 Å².